The number of pyridine rings is 1. The Bertz CT molecular complexity index is 905. The second kappa shape index (κ2) is 9.02. The molecule has 3 rings (SSSR count). The minimum Gasteiger partial charge on any atom is -0.352 e. The van der Waals surface area contributed by atoms with Crippen LogP contribution in [0.3, 0.4) is 0 Å². The van der Waals surface area contributed by atoms with Crippen LogP contribution in [0.2, 0.25) is 0 Å². The van der Waals surface area contributed by atoms with Gasteiger partial charge in [-0.25, -0.2) is 0 Å². The van der Waals surface area contributed by atoms with E-state index in [1.54, 1.807) is 7.05 Å². The van der Waals surface area contributed by atoms with Crippen LogP contribution in [-0.4, -0.2) is 27.6 Å². The highest BCUT2D eigenvalue weighted by Gasteiger charge is 2.29. The van der Waals surface area contributed by atoms with E-state index in [4.69, 9.17) is 0 Å². The van der Waals surface area contributed by atoms with Crippen LogP contribution in [0.1, 0.15) is 17.0 Å². The van der Waals surface area contributed by atoms with Crippen LogP contribution in [0.5, 0.6) is 0 Å². The maximum Gasteiger partial charge on any atom is 0.416 e. The van der Waals surface area contributed by atoms with Crippen molar-refractivity contribution in [3.05, 3.63) is 65.6 Å². The number of guanidine groups is 1. The maximum atomic E-state index is 12.6. The van der Waals surface area contributed by atoms with E-state index in [2.05, 4.69) is 25.8 Å². The predicted molar refractivity (Wildman–Crippen MR) is 107 cm³/mol. The third-order valence-electron chi connectivity index (χ3n) is 3.76. The first kappa shape index (κ1) is 20.9. The number of aromatic nitrogens is 3. The quantitative estimate of drug-likeness (QED) is 0.335. The minimum atomic E-state index is -4.33. The van der Waals surface area contributed by atoms with Crippen molar-refractivity contribution < 1.29 is 13.2 Å². The summed E-state index contributed by atoms with van der Waals surface area (Å²) in [5, 5.41) is 14.3. The first-order valence-corrected chi connectivity index (χ1v) is 7.86. The average molecular weight is 490 g/mol. The van der Waals surface area contributed by atoms with Crippen molar-refractivity contribution >= 4 is 35.6 Å². The Morgan fingerprint density at radius 2 is 1.74 bits per heavy atom. The first-order valence-electron chi connectivity index (χ1n) is 7.86. The summed E-state index contributed by atoms with van der Waals surface area (Å²) in [5.74, 6) is 1.23. The molecule has 2 aromatic heterocycles. The zero-order valence-corrected chi connectivity index (χ0v) is 16.7. The SMILES string of the molecule is CN=C(NCc1ccc(C(F)(F)F)cc1)NCc1nnc2ccccn12.I. The van der Waals surface area contributed by atoms with Gasteiger partial charge in [0.1, 0.15) is 0 Å². The summed E-state index contributed by atoms with van der Waals surface area (Å²) >= 11 is 0. The lowest BCUT2D eigenvalue weighted by atomic mass is 10.1. The van der Waals surface area contributed by atoms with Crippen LogP contribution < -0.4 is 10.6 Å². The van der Waals surface area contributed by atoms with Gasteiger partial charge in [0.2, 0.25) is 0 Å². The van der Waals surface area contributed by atoms with Crippen molar-refractivity contribution in [2.24, 2.45) is 4.99 Å². The van der Waals surface area contributed by atoms with Crippen LogP contribution >= 0.6 is 24.0 Å². The van der Waals surface area contributed by atoms with Crippen molar-refractivity contribution in [2.45, 2.75) is 19.3 Å². The number of hydrogen-bond donors (Lipinski definition) is 2. The molecule has 6 nitrogen and oxygen atoms in total. The zero-order valence-electron chi connectivity index (χ0n) is 14.4. The summed E-state index contributed by atoms with van der Waals surface area (Å²) < 4.78 is 39.6. The normalized spacial score (nSPS) is 11.9. The number of alkyl halides is 3. The molecule has 0 aliphatic rings. The van der Waals surface area contributed by atoms with Crippen LogP contribution in [-0.2, 0) is 19.3 Å². The molecule has 3 aromatic rings. The molecule has 0 fully saturated rings. The Morgan fingerprint density at radius 3 is 2.41 bits per heavy atom. The summed E-state index contributed by atoms with van der Waals surface area (Å²) in [7, 11) is 1.62. The Morgan fingerprint density at radius 1 is 1.04 bits per heavy atom. The number of halogens is 4. The molecule has 2 N–H and O–H groups in total. The van der Waals surface area contributed by atoms with Crippen LogP contribution in [0, 0.1) is 0 Å². The fourth-order valence-electron chi connectivity index (χ4n) is 2.39. The zero-order chi connectivity index (χ0) is 18.6. The Hall–Kier alpha value is -2.37. The molecular weight excluding hydrogens is 472 g/mol. The largest absolute Gasteiger partial charge is 0.416 e. The molecule has 0 bridgehead atoms. The highest BCUT2D eigenvalue weighted by molar-refractivity contribution is 14.0. The van der Waals surface area contributed by atoms with E-state index in [9.17, 15) is 13.2 Å². The van der Waals surface area contributed by atoms with E-state index in [-0.39, 0.29) is 24.0 Å². The summed E-state index contributed by atoms with van der Waals surface area (Å²) in [6.07, 6.45) is -2.46. The summed E-state index contributed by atoms with van der Waals surface area (Å²) in [6.45, 7) is 0.746. The van der Waals surface area contributed by atoms with Gasteiger partial charge in [-0.3, -0.25) is 9.39 Å². The standard InChI is InChI=1S/C17H17F3N6.HI/c1-21-16(22-10-12-5-7-13(8-6-12)17(18,19)20)23-11-15-25-24-14-4-2-3-9-26(14)15;/h2-9H,10-11H2,1H3,(H2,21,22,23);1H. The van der Waals surface area contributed by atoms with Gasteiger partial charge in [0, 0.05) is 19.8 Å². The molecule has 0 aliphatic heterocycles. The van der Waals surface area contributed by atoms with Crippen LogP contribution in [0.25, 0.3) is 5.65 Å². The highest BCUT2D eigenvalue weighted by Crippen LogP contribution is 2.29. The first-order chi connectivity index (χ1) is 12.5. The van der Waals surface area contributed by atoms with E-state index in [0.29, 0.717) is 24.6 Å². The third kappa shape index (κ3) is 5.31. The van der Waals surface area contributed by atoms with E-state index < -0.39 is 11.7 Å². The monoisotopic (exact) mass is 490 g/mol. The molecule has 0 amide bonds. The van der Waals surface area contributed by atoms with Gasteiger partial charge < -0.3 is 10.6 Å². The van der Waals surface area contributed by atoms with E-state index in [1.165, 1.54) is 12.1 Å². The second-order valence-electron chi connectivity index (χ2n) is 5.52. The number of fused-ring (bicyclic) bond motifs is 1. The lowest BCUT2D eigenvalue weighted by molar-refractivity contribution is -0.137. The number of rotatable bonds is 4. The predicted octanol–water partition coefficient (Wildman–Crippen LogP) is 3.23. The molecule has 27 heavy (non-hydrogen) atoms. The smallest absolute Gasteiger partial charge is 0.352 e. The number of hydrogen-bond acceptors (Lipinski definition) is 3. The topological polar surface area (TPSA) is 66.6 Å². The number of aliphatic imine (C=N–C) groups is 1. The third-order valence-corrected chi connectivity index (χ3v) is 3.76. The van der Waals surface area contributed by atoms with Crippen LogP contribution in [0.4, 0.5) is 13.2 Å². The van der Waals surface area contributed by atoms with Gasteiger partial charge in [-0.05, 0) is 29.8 Å². The number of nitrogens with zero attached hydrogens (tertiary/aromatic N) is 4. The minimum absolute atomic E-state index is 0. The molecule has 2 heterocycles. The van der Waals surface area contributed by atoms with Crippen molar-refractivity contribution in [1.82, 2.24) is 25.2 Å². The van der Waals surface area contributed by atoms with Gasteiger partial charge in [0.15, 0.2) is 17.4 Å². The Balaban J connectivity index is 0.00000261. The second-order valence-corrected chi connectivity index (χ2v) is 5.52. The van der Waals surface area contributed by atoms with Gasteiger partial charge in [-0.15, -0.1) is 34.2 Å². The summed E-state index contributed by atoms with van der Waals surface area (Å²) in [5.41, 5.74) is 0.799. The molecule has 0 aliphatic carbocycles. The molecule has 0 atom stereocenters. The summed E-state index contributed by atoms with van der Waals surface area (Å²) in [6, 6.07) is 10.6. The fourth-order valence-corrected chi connectivity index (χ4v) is 2.39. The summed E-state index contributed by atoms with van der Waals surface area (Å²) in [4.78, 5) is 4.10. The highest BCUT2D eigenvalue weighted by atomic mass is 127. The van der Waals surface area contributed by atoms with Gasteiger partial charge in [-0.2, -0.15) is 13.2 Å². The molecule has 1 aromatic carbocycles. The molecule has 0 radical (unpaired) electrons. The average Bonchev–Trinajstić information content (AvgIpc) is 3.05. The molecule has 0 saturated heterocycles. The van der Waals surface area contributed by atoms with Crippen molar-refractivity contribution in [3.63, 3.8) is 0 Å². The lowest BCUT2D eigenvalue weighted by Crippen LogP contribution is -2.36. The van der Waals surface area contributed by atoms with Crippen molar-refractivity contribution in [1.29, 1.82) is 0 Å². The number of nitrogens with one attached hydrogen (secondary N) is 2. The molecule has 0 saturated carbocycles. The van der Waals surface area contributed by atoms with E-state index >= 15 is 0 Å². The van der Waals surface area contributed by atoms with Crippen LogP contribution in [0.15, 0.2) is 53.7 Å². The van der Waals surface area contributed by atoms with E-state index in [1.807, 2.05) is 28.8 Å². The fraction of sp³-hybridized carbons (Fsp3) is 0.235. The van der Waals surface area contributed by atoms with E-state index in [0.717, 1.165) is 23.6 Å². The van der Waals surface area contributed by atoms with Gasteiger partial charge in [0.25, 0.3) is 0 Å². The lowest BCUT2D eigenvalue weighted by Gasteiger charge is -2.12. The number of benzene rings is 1. The molecule has 0 spiro atoms. The molecule has 0 unspecified atom stereocenters. The Labute approximate surface area is 170 Å². The van der Waals surface area contributed by atoms with Gasteiger partial charge in [0.05, 0.1) is 12.1 Å². The van der Waals surface area contributed by atoms with Gasteiger partial charge >= 0.3 is 6.18 Å². The molecule has 10 heteroatoms. The molecular formula is C17H18F3IN6. The van der Waals surface area contributed by atoms with Crippen molar-refractivity contribution in [3.8, 4) is 0 Å². The van der Waals surface area contributed by atoms with Crippen molar-refractivity contribution in [2.75, 3.05) is 7.05 Å². The van der Waals surface area contributed by atoms with Gasteiger partial charge in [-0.1, -0.05) is 18.2 Å². The molecule has 144 valence electrons. The maximum absolute atomic E-state index is 12.6. The Kier molecular flexibility index (Phi) is 6.99.